The van der Waals surface area contributed by atoms with Crippen molar-refractivity contribution < 1.29 is 9.47 Å². The lowest BCUT2D eigenvalue weighted by Crippen LogP contribution is -2.22. The summed E-state index contributed by atoms with van der Waals surface area (Å²) in [4.78, 5) is 0. The van der Waals surface area contributed by atoms with Crippen LogP contribution in [0.5, 0.6) is 0 Å². The first-order valence-corrected chi connectivity index (χ1v) is 7.94. The third kappa shape index (κ3) is 9.92. The molecule has 2 heteroatoms. The summed E-state index contributed by atoms with van der Waals surface area (Å²) in [6.45, 7) is 3.79. The smallest absolute Gasteiger partial charge is 0.157 e. The number of allylic oxidation sites excluding steroid dienone is 4. The second kappa shape index (κ2) is 12.4. The summed E-state index contributed by atoms with van der Waals surface area (Å²) in [5.41, 5.74) is 0. The summed E-state index contributed by atoms with van der Waals surface area (Å²) in [6.07, 6.45) is 19.8. The Labute approximate surface area is 118 Å². The first-order chi connectivity index (χ1) is 9.43. The van der Waals surface area contributed by atoms with Crippen LogP contribution in [0.25, 0.3) is 0 Å². The van der Waals surface area contributed by atoms with E-state index < -0.39 is 0 Å². The van der Waals surface area contributed by atoms with Gasteiger partial charge in [-0.2, -0.15) is 0 Å². The van der Waals surface area contributed by atoms with Crippen LogP contribution in [0.2, 0.25) is 0 Å². The maximum Gasteiger partial charge on any atom is 0.157 e. The van der Waals surface area contributed by atoms with Gasteiger partial charge in [-0.15, -0.1) is 0 Å². The molecule has 1 atom stereocenters. The lowest BCUT2D eigenvalue weighted by Gasteiger charge is -2.22. The van der Waals surface area contributed by atoms with Gasteiger partial charge in [0, 0.05) is 13.2 Å². The largest absolute Gasteiger partial charge is 0.353 e. The van der Waals surface area contributed by atoms with Crippen molar-refractivity contribution in [2.24, 2.45) is 0 Å². The third-order valence-electron chi connectivity index (χ3n) is 3.40. The van der Waals surface area contributed by atoms with Gasteiger partial charge in [0.25, 0.3) is 0 Å². The van der Waals surface area contributed by atoms with E-state index in [9.17, 15) is 0 Å². The molecule has 0 aromatic heterocycles. The van der Waals surface area contributed by atoms with Gasteiger partial charge in [0.1, 0.15) is 0 Å². The average Bonchev–Trinajstić information content (AvgIpc) is 2.46. The highest BCUT2D eigenvalue weighted by atomic mass is 16.7. The van der Waals surface area contributed by atoms with E-state index >= 15 is 0 Å². The van der Waals surface area contributed by atoms with Crippen LogP contribution in [0.1, 0.15) is 64.7 Å². The standard InChI is InChI=1S/C17H30O2/c1-2-3-4-5-6-7-8-9-10-12-15-18-17-14-11-13-16-19-17/h2-5,17H,6-16H2,1H3/b3-2+,5-4-. The Morgan fingerprint density at radius 3 is 2.68 bits per heavy atom. The number of rotatable bonds is 10. The molecule has 110 valence electrons. The molecule has 0 N–H and O–H groups in total. The second-order valence-electron chi connectivity index (χ2n) is 5.18. The molecule has 1 rings (SSSR count). The van der Waals surface area contributed by atoms with Crippen molar-refractivity contribution in [2.75, 3.05) is 13.2 Å². The van der Waals surface area contributed by atoms with E-state index in [0.717, 1.165) is 19.6 Å². The molecule has 2 nitrogen and oxygen atoms in total. The van der Waals surface area contributed by atoms with Crippen LogP contribution >= 0.6 is 0 Å². The van der Waals surface area contributed by atoms with Gasteiger partial charge in [0.15, 0.2) is 6.29 Å². The average molecular weight is 266 g/mol. The van der Waals surface area contributed by atoms with Crippen LogP contribution in [0.3, 0.4) is 0 Å². The summed E-state index contributed by atoms with van der Waals surface area (Å²) < 4.78 is 11.2. The Morgan fingerprint density at radius 2 is 1.89 bits per heavy atom. The van der Waals surface area contributed by atoms with Crippen LogP contribution < -0.4 is 0 Å². The van der Waals surface area contributed by atoms with Crippen molar-refractivity contribution in [2.45, 2.75) is 71.0 Å². The van der Waals surface area contributed by atoms with Crippen molar-refractivity contribution in [3.05, 3.63) is 24.3 Å². The SMILES string of the molecule is C/C=C/C=C\CCCCCCCOC1CCCCO1. The zero-order valence-electron chi connectivity index (χ0n) is 12.5. The van der Waals surface area contributed by atoms with Gasteiger partial charge in [-0.05, 0) is 45.4 Å². The van der Waals surface area contributed by atoms with Gasteiger partial charge >= 0.3 is 0 Å². The van der Waals surface area contributed by atoms with Crippen molar-refractivity contribution in [1.29, 1.82) is 0 Å². The topological polar surface area (TPSA) is 18.5 Å². The van der Waals surface area contributed by atoms with Gasteiger partial charge in [-0.25, -0.2) is 0 Å². The Bertz CT molecular complexity index is 240. The van der Waals surface area contributed by atoms with Crippen LogP contribution in [0, 0.1) is 0 Å². The normalized spacial score (nSPS) is 20.6. The minimum absolute atomic E-state index is 0.0884. The molecule has 1 aliphatic rings. The molecule has 0 radical (unpaired) electrons. The fraction of sp³-hybridized carbons (Fsp3) is 0.765. The highest BCUT2D eigenvalue weighted by Crippen LogP contribution is 2.14. The minimum Gasteiger partial charge on any atom is -0.353 e. The molecule has 1 aliphatic heterocycles. The van der Waals surface area contributed by atoms with E-state index in [1.807, 2.05) is 6.92 Å². The Morgan fingerprint density at radius 1 is 1.05 bits per heavy atom. The zero-order chi connectivity index (χ0) is 13.6. The van der Waals surface area contributed by atoms with Gasteiger partial charge in [0.2, 0.25) is 0 Å². The molecular formula is C17H30O2. The maximum atomic E-state index is 5.71. The quantitative estimate of drug-likeness (QED) is 0.409. The van der Waals surface area contributed by atoms with Gasteiger partial charge in [-0.3, -0.25) is 0 Å². The second-order valence-corrected chi connectivity index (χ2v) is 5.18. The van der Waals surface area contributed by atoms with E-state index in [1.165, 1.54) is 51.4 Å². The number of hydrogen-bond acceptors (Lipinski definition) is 2. The predicted molar refractivity (Wildman–Crippen MR) is 81.2 cm³/mol. The molecule has 0 aromatic carbocycles. The maximum absolute atomic E-state index is 5.71. The van der Waals surface area contributed by atoms with Crippen LogP contribution in [0.4, 0.5) is 0 Å². The van der Waals surface area contributed by atoms with Crippen LogP contribution in [0.15, 0.2) is 24.3 Å². The van der Waals surface area contributed by atoms with E-state index in [0.29, 0.717) is 0 Å². The summed E-state index contributed by atoms with van der Waals surface area (Å²) in [5.74, 6) is 0. The van der Waals surface area contributed by atoms with Gasteiger partial charge in [0.05, 0.1) is 0 Å². The van der Waals surface area contributed by atoms with Crippen molar-refractivity contribution >= 4 is 0 Å². The first kappa shape index (κ1) is 16.5. The van der Waals surface area contributed by atoms with E-state index in [4.69, 9.17) is 9.47 Å². The molecule has 0 aromatic rings. The molecule has 0 amide bonds. The summed E-state index contributed by atoms with van der Waals surface area (Å²) in [6, 6.07) is 0. The summed E-state index contributed by atoms with van der Waals surface area (Å²) in [7, 11) is 0. The molecule has 1 fully saturated rings. The van der Waals surface area contributed by atoms with E-state index in [1.54, 1.807) is 0 Å². The lowest BCUT2D eigenvalue weighted by atomic mass is 10.1. The molecule has 0 bridgehead atoms. The highest BCUT2D eigenvalue weighted by Gasteiger charge is 2.12. The van der Waals surface area contributed by atoms with Crippen LogP contribution in [-0.2, 0) is 9.47 Å². The van der Waals surface area contributed by atoms with Crippen LogP contribution in [-0.4, -0.2) is 19.5 Å². The Hall–Kier alpha value is -0.600. The molecule has 19 heavy (non-hydrogen) atoms. The van der Waals surface area contributed by atoms with Gasteiger partial charge < -0.3 is 9.47 Å². The third-order valence-corrected chi connectivity index (χ3v) is 3.40. The fourth-order valence-corrected chi connectivity index (χ4v) is 2.24. The number of ether oxygens (including phenoxy) is 2. The monoisotopic (exact) mass is 266 g/mol. The Kier molecular flexibility index (Phi) is 10.8. The zero-order valence-corrected chi connectivity index (χ0v) is 12.5. The molecule has 1 unspecified atom stereocenters. The molecule has 1 saturated heterocycles. The molecular weight excluding hydrogens is 236 g/mol. The predicted octanol–water partition coefficient (Wildman–Crippen LogP) is 5.00. The lowest BCUT2D eigenvalue weighted by molar-refractivity contribution is -0.162. The van der Waals surface area contributed by atoms with Crippen molar-refractivity contribution in [3.8, 4) is 0 Å². The van der Waals surface area contributed by atoms with E-state index in [2.05, 4.69) is 24.3 Å². The summed E-state index contributed by atoms with van der Waals surface area (Å²) in [5, 5.41) is 0. The van der Waals surface area contributed by atoms with E-state index in [-0.39, 0.29) is 6.29 Å². The molecule has 0 aliphatic carbocycles. The van der Waals surface area contributed by atoms with Crippen molar-refractivity contribution in [3.63, 3.8) is 0 Å². The fourth-order valence-electron chi connectivity index (χ4n) is 2.24. The summed E-state index contributed by atoms with van der Waals surface area (Å²) >= 11 is 0. The van der Waals surface area contributed by atoms with Crippen molar-refractivity contribution in [1.82, 2.24) is 0 Å². The van der Waals surface area contributed by atoms with Gasteiger partial charge in [-0.1, -0.05) is 43.6 Å². The highest BCUT2D eigenvalue weighted by molar-refractivity contribution is 5.00. The number of hydrogen-bond donors (Lipinski definition) is 0. The molecule has 0 spiro atoms. The first-order valence-electron chi connectivity index (χ1n) is 7.94. The minimum atomic E-state index is 0.0884. The number of unbranched alkanes of at least 4 members (excludes halogenated alkanes) is 5. The Balaban J connectivity index is 1.78. The molecule has 0 saturated carbocycles. The molecule has 1 heterocycles.